The Balaban J connectivity index is 2.32. The van der Waals surface area contributed by atoms with Crippen molar-refractivity contribution in [3.05, 3.63) is 17.6 Å². The molecule has 0 saturated carbocycles. The summed E-state index contributed by atoms with van der Waals surface area (Å²) >= 11 is 0. The van der Waals surface area contributed by atoms with Crippen LogP contribution in [0.2, 0.25) is 0 Å². The highest BCUT2D eigenvalue weighted by atomic mass is 15.1. The lowest BCUT2D eigenvalue weighted by Crippen LogP contribution is -2.31. The second kappa shape index (κ2) is 3.30. The van der Waals surface area contributed by atoms with E-state index in [9.17, 15) is 0 Å². The van der Waals surface area contributed by atoms with E-state index in [1.54, 1.807) is 6.33 Å². The quantitative estimate of drug-likeness (QED) is 0.678. The molecule has 2 N–H and O–H groups in total. The number of nitrogens with zero attached hydrogens (tertiary/aromatic N) is 3. The summed E-state index contributed by atoms with van der Waals surface area (Å²) in [6.45, 7) is 5.21. The molecule has 0 bridgehead atoms. The van der Waals surface area contributed by atoms with E-state index in [0.29, 0.717) is 5.82 Å². The molecule has 1 aromatic heterocycles. The zero-order valence-corrected chi connectivity index (χ0v) is 7.82. The molecule has 0 unspecified atom stereocenters. The van der Waals surface area contributed by atoms with Crippen LogP contribution >= 0.6 is 0 Å². The van der Waals surface area contributed by atoms with Gasteiger partial charge < -0.3 is 5.73 Å². The van der Waals surface area contributed by atoms with Crippen molar-refractivity contribution in [2.45, 2.75) is 19.9 Å². The van der Waals surface area contributed by atoms with Crippen molar-refractivity contribution in [2.24, 2.45) is 0 Å². The van der Waals surface area contributed by atoms with Crippen molar-refractivity contribution in [3.63, 3.8) is 0 Å². The number of nitrogen functional groups attached to an aromatic ring is 1. The fourth-order valence-corrected chi connectivity index (χ4v) is 1.69. The third kappa shape index (κ3) is 1.49. The number of aromatic nitrogens is 2. The van der Waals surface area contributed by atoms with Crippen molar-refractivity contribution in [2.75, 3.05) is 18.8 Å². The van der Waals surface area contributed by atoms with Gasteiger partial charge in [0.05, 0.1) is 5.69 Å². The lowest BCUT2D eigenvalue weighted by atomic mass is 10.1. The minimum Gasteiger partial charge on any atom is -0.383 e. The topological polar surface area (TPSA) is 55.0 Å². The van der Waals surface area contributed by atoms with Crippen LogP contribution in [0.1, 0.15) is 18.2 Å². The smallest absolute Gasteiger partial charge is 0.131 e. The normalized spacial score (nSPS) is 17.0. The second-order valence-corrected chi connectivity index (χ2v) is 3.30. The highest BCUT2D eigenvalue weighted by Crippen LogP contribution is 2.19. The number of nitrogens with two attached hydrogens (primary N) is 1. The summed E-state index contributed by atoms with van der Waals surface area (Å²) in [5, 5.41) is 0. The Morgan fingerprint density at radius 1 is 1.54 bits per heavy atom. The van der Waals surface area contributed by atoms with Gasteiger partial charge in [-0.25, -0.2) is 9.97 Å². The Labute approximate surface area is 77.8 Å². The first-order chi connectivity index (χ1) is 6.31. The van der Waals surface area contributed by atoms with Crippen LogP contribution in [0, 0.1) is 0 Å². The van der Waals surface area contributed by atoms with Gasteiger partial charge in [-0.2, -0.15) is 0 Å². The summed E-state index contributed by atoms with van der Waals surface area (Å²) in [6, 6.07) is 0. The van der Waals surface area contributed by atoms with E-state index in [1.165, 1.54) is 0 Å². The van der Waals surface area contributed by atoms with E-state index in [4.69, 9.17) is 5.73 Å². The lowest BCUT2D eigenvalue weighted by molar-refractivity contribution is 0.266. The molecule has 2 heterocycles. The van der Waals surface area contributed by atoms with E-state index < -0.39 is 0 Å². The zero-order chi connectivity index (χ0) is 9.26. The Hall–Kier alpha value is -1.16. The fourth-order valence-electron chi connectivity index (χ4n) is 1.69. The van der Waals surface area contributed by atoms with Gasteiger partial charge >= 0.3 is 0 Å². The molecule has 70 valence electrons. The molecule has 0 saturated heterocycles. The predicted molar refractivity (Wildman–Crippen MR) is 51.1 cm³/mol. The molecule has 4 heteroatoms. The number of anilines is 1. The van der Waals surface area contributed by atoms with E-state index in [1.807, 2.05) is 0 Å². The molecular formula is C9H14N4. The first-order valence-electron chi connectivity index (χ1n) is 4.62. The largest absolute Gasteiger partial charge is 0.383 e. The summed E-state index contributed by atoms with van der Waals surface area (Å²) < 4.78 is 0. The van der Waals surface area contributed by atoms with E-state index in [0.717, 1.165) is 37.3 Å². The number of likely N-dealkylation sites (N-methyl/N-ethyl adjacent to an activating group) is 1. The molecule has 1 aliphatic heterocycles. The van der Waals surface area contributed by atoms with E-state index >= 15 is 0 Å². The van der Waals surface area contributed by atoms with Gasteiger partial charge in [0.2, 0.25) is 0 Å². The Morgan fingerprint density at radius 3 is 3.15 bits per heavy atom. The molecule has 4 nitrogen and oxygen atoms in total. The van der Waals surface area contributed by atoms with Gasteiger partial charge in [0, 0.05) is 25.1 Å². The standard InChI is InChI=1S/C9H14N4/c1-2-13-4-3-8-7(5-13)9(10)12-6-11-8/h6H,2-5H2,1H3,(H2,10,11,12). The van der Waals surface area contributed by atoms with Gasteiger partial charge in [0.15, 0.2) is 0 Å². The summed E-state index contributed by atoms with van der Waals surface area (Å²) in [7, 11) is 0. The molecule has 0 fully saturated rings. The van der Waals surface area contributed by atoms with Crippen LogP contribution < -0.4 is 5.73 Å². The van der Waals surface area contributed by atoms with Gasteiger partial charge in [-0.3, -0.25) is 4.90 Å². The summed E-state index contributed by atoms with van der Waals surface area (Å²) in [5.74, 6) is 0.642. The van der Waals surface area contributed by atoms with Gasteiger partial charge in [0.1, 0.15) is 12.1 Å². The van der Waals surface area contributed by atoms with Crippen molar-refractivity contribution < 1.29 is 0 Å². The summed E-state index contributed by atoms with van der Waals surface area (Å²) in [4.78, 5) is 10.6. The number of fused-ring (bicyclic) bond motifs is 1. The molecule has 0 aliphatic carbocycles. The fraction of sp³-hybridized carbons (Fsp3) is 0.556. The van der Waals surface area contributed by atoms with Crippen LogP contribution in [0.5, 0.6) is 0 Å². The monoisotopic (exact) mass is 178 g/mol. The van der Waals surface area contributed by atoms with Gasteiger partial charge in [-0.1, -0.05) is 6.92 Å². The molecule has 0 amide bonds. The Bertz CT molecular complexity index is 310. The Morgan fingerprint density at radius 2 is 2.38 bits per heavy atom. The van der Waals surface area contributed by atoms with Crippen LogP contribution in [-0.4, -0.2) is 28.0 Å². The van der Waals surface area contributed by atoms with E-state index in [2.05, 4.69) is 21.8 Å². The predicted octanol–water partition coefficient (Wildman–Crippen LogP) is 0.437. The molecule has 1 aromatic rings. The summed E-state index contributed by atoms with van der Waals surface area (Å²) in [5.41, 5.74) is 8.02. The molecule has 2 rings (SSSR count). The SMILES string of the molecule is CCN1CCc2ncnc(N)c2C1. The average molecular weight is 178 g/mol. The highest BCUT2D eigenvalue weighted by molar-refractivity contribution is 5.42. The minimum atomic E-state index is 0.642. The summed E-state index contributed by atoms with van der Waals surface area (Å²) in [6.07, 6.45) is 2.55. The van der Waals surface area contributed by atoms with Crippen molar-refractivity contribution in [3.8, 4) is 0 Å². The molecule has 0 spiro atoms. The maximum atomic E-state index is 5.78. The van der Waals surface area contributed by atoms with Crippen molar-refractivity contribution >= 4 is 5.82 Å². The van der Waals surface area contributed by atoms with Gasteiger partial charge in [-0.05, 0) is 6.54 Å². The zero-order valence-electron chi connectivity index (χ0n) is 7.82. The second-order valence-electron chi connectivity index (χ2n) is 3.30. The minimum absolute atomic E-state index is 0.642. The molecule has 0 aromatic carbocycles. The van der Waals surface area contributed by atoms with Crippen LogP contribution in [0.4, 0.5) is 5.82 Å². The van der Waals surface area contributed by atoms with E-state index in [-0.39, 0.29) is 0 Å². The number of hydrogen-bond acceptors (Lipinski definition) is 4. The molecule has 0 atom stereocenters. The van der Waals surface area contributed by atoms with Gasteiger partial charge in [0.25, 0.3) is 0 Å². The third-order valence-electron chi connectivity index (χ3n) is 2.56. The molecule has 0 radical (unpaired) electrons. The number of hydrogen-bond donors (Lipinski definition) is 1. The number of rotatable bonds is 1. The highest BCUT2D eigenvalue weighted by Gasteiger charge is 2.18. The van der Waals surface area contributed by atoms with Gasteiger partial charge in [-0.15, -0.1) is 0 Å². The van der Waals surface area contributed by atoms with Crippen LogP contribution in [0.25, 0.3) is 0 Å². The Kier molecular flexibility index (Phi) is 2.14. The molecular weight excluding hydrogens is 164 g/mol. The van der Waals surface area contributed by atoms with Crippen LogP contribution in [0.3, 0.4) is 0 Å². The van der Waals surface area contributed by atoms with Crippen molar-refractivity contribution in [1.82, 2.24) is 14.9 Å². The lowest BCUT2D eigenvalue weighted by Gasteiger charge is -2.26. The van der Waals surface area contributed by atoms with Crippen molar-refractivity contribution in [1.29, 1.82) is 0 Å². The maximum Gasteiger partial charge on any atom is 0.131 e. The first-order valence-corrected chi connectivity index (χ1v) is 4.62. The van der Waals surface area contributed by atoms with Crippen LogP contribution in [-0.2, 0) is 13.0 Å². The molecule has 1 aliphatic rings. The maximum absolute atomic E-state index is 5.78. The first kappa shape index (κ1) is 8.44. The average Bonchev–Trinajstić information content (AvgIpc) is 2.18. The van der Waals surface area contributed by atoms with Crippen LogP contribution in [0.15, 0.2) is 6.33 Å². The third-order valence-corrected chi connectivity index (χ3v) is 2.56. The molecule has 13 heavy (non-hydrogen) atoms.